The Morgan fingerprint density at radius 2 is 1.80 bits per heavy atom. The maximum absolute atomic E-state index is 7.54. The average molecular weight is 277 g/mol. The van der Waals surface area contributed by atoms with Gasteiger partial charge in [-0.2, -0.15) is 0 Å². The van der Waals surface area contributed by atoms with Crippen molar-refractivity contribution in [2.45, 2.75) is 45.8 Å². The molecule has 0 aliphatic carbocycles. The van der Waals surface area contributed by atoms with Gasteiger partial charge in [0.25, 0.3) is 0 Å². The third-order valence-electron chi connectivity index (χ3n) is 3.10. The molecule has 1 aromatic rings. The Kier molecular flexibility index (Phi) is 3.46. The minimum absolute atomic E-state index is 0.0384. The molecule has 2 rings (SSSR count). The first-order chi connectivity index (χ1) is 9.08. The molecule has 1 aromatic heterocycles. The van der Waals surface area contributed by atoms with Gasteiger partial charge in [-0.25, -0.2) is 9.97 Å². The van der Waals surface area contributed by atoms with Crippen LogP contribution in [-0.4, -0.2) is 40.1 Å². The maximum atomic E-state index is 7.54. The summed E-state index contributed by atoms with van der Waals surface area (Å²) in [6.07, 6.45) is 0. The number of hydrogen-bond donors (Lipinski definition) is 2. The number of nitrogens with one attached hydrogen (secondary N) is 1. The fourth-order valence-corrected chi connectivity index (χ4v) is 2.76. The van der Waals surface area contributed by atoms with Gasteiger partial charge in [0, 0.05) is 18.8 Å². The molecule has 3 N–H and O–H groups in total. The van der Waals surface area contributed by atoms with E-state index in [0.717, 1.165) is 5.69 Å². The highest BCUT2D eigenvalue weighted by atomic mass is 16.5. The Morgan fingerprint density at radius 1 is 1.25 bits per heavy atom. The number of morpholine rings is 1. The van der Waals surface area contributed by atoms with Crippen LogP contribution in [0.15, 0.2) is 6.07 Å². The molecular formula is C14H23N5O. The molecule has 0 atom stereocenters. The second-order valence-corrected chi connectivity index (χ2v) is 6.59. The minimum atomic E-state index is -0.273. The summed E-state index contributed by atoms with van der Waals surface area (Å²) in [6, 6.07) is 1.72. The number of aromatic nitrogens is 2. The summed E-state index contributed by atoms with van der Waals surface area (Å²) in [5.74, 6) is 0.572. The zero-order valence-corrected chi connectivity index (χ0v) is 12.8. The fraction of sp³-hybridized carbons (Fsp3) is 0.643. The van der Waals surface area contributed by atoms with Crippen LogP contribution in [0.3, 0.4) is 0 Å². The van der Waals surface area contributed by atoms with Crippen LogP contribution in [0.25, 0.3) is 0 Å². The van der Waals surface area contributed by atoms with Gasteiger partial charge in [-0.05, 0) is 40.7 Å². The monoisotopic (exact) mass is 277 g/mol. The number of ether oxygens (including phenoxy) is 1. The van der Waals surface area contributed by atoms with Crippen LogP contribution >= 0.6 is 0 Å². The van der Waals surface area contributed by atoms with Crippen molar-refractivity contribution in [1.82, 2.24) is 9.97 Å². The van der Waals surface area contributed by atoms with E-state index in [0.29, 0.717) is 24.7 Å². The Hall–Kier alpha value is -1.69. The van der Waals surface area contributed by atoms with Crippen molar-refractivity contribution >= 4 is 11.8 Å². The average Bonchev–Trinajstić information content (AvgIpc) is 2.23. The highest BCUT2D eigenvalue weighted by Crippen LogP contribution is 2.30. The van der Waals surface area contributed by atoms with Crippen LogP contribution in [0.4, 0.5) is 5.95 Å². The van der Waals surface area contributed by atoms with Crippen molar-refractivity contribution in [3.05, 3.63) is 17.5 Å². The van der Waals surface area contributed by atoms with Gasteiger partial charge in [0.15, 0.2) is 0 Å². The molecule has 110 valence electrons. The number of anilines is 1. The molecule has 1 saturated heterocycles. The van der Waals surface area contributed by atoms with E-state index in [-0.39, 0.29) is 17.0 Å². The molecule has 0 radical (unpaired) electrons. The highest BCUT2D eigenvalue weighted by Gasteiger charge is 2.39. The summed E-state index contributed by atoms with van der Waals surface area (Å²) >= 11 is 0. The molecule has 0 unspecified atom stereocenters. The lowest BCUT2D eigenvalue weighted by atomic mass is 9.99. The van der Waals surface area contributed by atoms with Gasteiger partial charge in [-0.3, -0.25) is 5.41 Å². The van der Waals surface area contributed by atoms with E-state index in [1.807, 2.05) is 6.92 Å². The van der Waals surface area contributed by atoms with Gasteiger partial charge in [0.1, 0.15) is 11.5 Å². The molecule has 0 amide bonds. The summed E-state index contributed by atoms with van der Waals surface area (Å²) in [5.41, 5.74) is 6.27. The molecule has 2 heterocycles. The molecule has 0 bridgehead atoms. The molecular weight excluding hydrogens is 254 g/mol. The fourth-order valence-electron chi connectivity index (χ4n) is 2.76. The zero-order valence-electron chi connectivity index (χ0n) is 12.8. The van der Waals surface area contributed by atoms with Gasteiger partial charge in [-0.15, -0.1) is 0 Å². The normalized spacial score (nSPS) is 20.8. The molecule has 6 nitrogen and oxygen atoms in total. The van der Waals surface area contributed by atoms with E-state index in [9.17, 15) is 0 Å². The lowest BCUT2D eigenvalue weighted by Crippen LogP contribution is -2.57. The number of rotatable bonds is 2. The molecule has 1 fully saturated rings. The molecule has 0 spiro atoms. The van der Waals surface area contributed by atoms with Crippen LogP contribution < -0.4 is 10.6 Å². The lowest BCUT2D eigenvalue weighted by Gasteiger charge is -2.47. The van der Waals surface area contributed by atoms with Crippen molar-refractivity contribution in [2.75, 3.05) is 18.0 Å². The van der Waals surface area contributed by atoms with Gasteiger partial charge in [0.05, 0.1) is 11.2 Å². The van der Waals surface area contributed by atoms with Gasteiger partial charge >= 0.3 is 0 Å². The third kappa shape index (κ3) is 3.25. The number of aryl methyl sites for hydroxylation is 1. The Balaban J connectivity index is 2.38. The van der Waals surface area contributed by atoms with Crippen molar-refractivity contribution < 1.29 is 4.74 Å². The molecule has 0 aromatic carbocycles. The highest BCUT2D eigenvalue weighted by molar-refractivity contribution is 5.93. The van der Waals surface area contributed by atoms with Crippen LogP contribution in [0.2, 0.25) is 0 Å². The summed E-state index contributed by atoms with van der Waals surface area (Å²) in [7, 11) is 0. The quantitative estimate of drug-likeness (QED) is 0.631. The number of hydrogen-bond acceptors (Lipinski definition) is 5. The number of nitrogen functional groups attached to an aromatic ring is 1. The number of nitrogens with zero attached hydrogens (tertiary/aromatic N) is 3. The van der Waals surface area contributed by atoms with E-state index in [1.165, 1.54) is 0 Å². The van der Waals surface area contributed by atoms with Crippen LogP contribution in [0.5, 0.6) is 0 Å². The molecule has 1 aliphatic heterocycles. The topological polar surface area (TPSA) is 88.1 Å². The molecule has 1 aliphatic rings. The van der Waals surface area contributed by atoms with E-state index in [1.54, 1.807) is 6.07 Å². The SMILES string of the molecule is Cc1cc(C(=N)N)nc(N2CC(C)(C)OC(C)(C)C2)n1. The number of amidine groups is 1. The van der Waals surface area contributed by atoms with Crippen LogP contribution in [0, 0.1) is 12.3 Å². The summed E-state index contributed by atoms with van der Waals surface area (Å²) in [6.45, 7) is 11.5. The van der Waals surface area contributed by atoms with Crippen molar-refractivity contribution in [3.8, 4) is 0 Å². The van der Waals surface area contributed by atoms with E-state index in [4.69, 9.17) is 15.9 Å². The standard InChI is InChI=1S/C14H23N5O/c1-9-6-10(11(15)16)18-12(17-9)19-7-13(2,3)20-14(4,5)8-19/h6H,7-8H2,1-5H3,(H3,15,16). The second kappa shape index (κ2) is 4.70. The number of nitrogens with two attached hydrogens (primary N) is 1. The summed E-state index contributed by atoms with van der Waals surface area (Å²) in [4.78, 5) is 11.0. The maximum Gasteiger partial charge on any atom is 0.226 e. The molecule has 6 heteroatoms. The Labute approximate surface area is 119 Å². The van der Waals surface area contributed by atoms with E-state index < -0.39 is 0 Å². The van der Waals surface area contributed by atoms with Crippen molar-refractivity contribution in [3.63, 3.8) is 0 Å². The summed E-state index contributed by atoms with van der Waals surface area (Å²) in [5, 5.41) is 7.54. The van der Waals surface area contributed by atoms with E-state index >= 15 is 0 Å². The summed E-state index contributed by atoms with van der Waals surface area (Å²) < 4.78 is 6.06. The molecule has 20 heavy (non-hydrogen) atoms. The van der Waals surface area contributed by atoms with Gasteiger partial charge in [-0.1, -0.05) is 0 Å². The Morgan fingerprint density at radius 3 is 2.30 bits per heavy atom. The van der Waals surface area contributed by atoms with E-state index in [2.05, 4.69) is 42.6 Å². The second-order valence-electron chi connectivity index (χ2n) is 6.59. The first-order valence-corrected chi connectivity index (χ1v) is 6.73. The van der Waals surface area contributed by atoms with Crippen molar-refractivity contribution in [2.24, 2.45) is 5.73 Å². The Bertz CT molecular complexity index is 522. The predicted molar refractivity (Wildman–Crippen MR) is 79.2 cm³/mol. The van der Waals surface area contributed by atoms with Crippen LogP contribution in [-0.2, 0) is 4.74 Å². The predicted octanol–water partition coefficient (Wildman–Crippen LogP) is 1.46. The lowest BCUT2D eigenvalue weighted by molar-refractivity contribution is -0.133. The minimum Gasteiger partial charge on any atom is -0.382 e. The largest absolute Gasteiger partial charge is 0.382 e. The third-order valence-corrected chi connectivity index (χ3v) is 3.10. The van der Waals surface area contributed by atoms with Gasteiger partial charge in [0.2, 0.25) is 5.95 Å². The molecule has 0 saturated carbocycles. The smallest absolute Gasteiger partial charge is 0.226 e. The van der Waals surface area contributed by atoms with Crippen LogP contribution in [0.1, 0.15) is 39.1 Å². The zero-order chi connectivity index (χ0) is 15.1. The first kappa shape index (κ1) is 14.7. The van der Waals surface area contributed by atoms with Gasteiger partial charge < -0.3 is 15.4 Å². The first-order valence-electron chi connectivity index (χ1n) is 6.73. The van der Waals surface area contributed by atoms with Crippen molar-refractivity contribution in [1.29, 1.82) is 5.41 Å².